The first kappa shape index (κ1) is 17.7. The van der Waals surface area contributed by atoms with Crippen molar-refractivity contribution >= 4 is 50.2 Å². The van der Waals surface area contributed by atoms with Crippen molar-refractivity contribution in [3.05, 3.63) is 58.2 Å². The molecule has 0 bridgehead atoms. The number of nitrogens with zero attached hydrogens (tertiary/aromatic N) is 3. The summed E-state index contributed by atoms with van der Waals surface area (Å²) in [5.41, 5.74) is 3.32. The third kappa shape index (κ3) is 4.29. The van der Waals surface area contributed by atoms with Gasteiger partial charge in [0.25, 0.3) is 0 Å². The van der Waals surface area contributed by atoms with Crippen molar-refractivity contribution in [1.29, 1.82) is 0 Å². The number of nitrogens with one attached hydrogen (secondary N) is 1. The summed E-state index contributed by atoms with van der Waals surface area (Å²) in [6.45, 7) is 1.95. The van der Waals surface area contributed by atoms with Crippen LogP contribution in [0.4, 0.5) is 5.69 Å². The van der Waals surface area contributed by atoms with Gasteiger partial charge in [-0.25, -0.2) is 9.98 Å². The second-order valence-electron chi connectivity index (χ2n) is 5.72. The normalized spacial score (nSPS) is 14.7. The van der Waals surface area contributed by atoms with Crippen LogP contribution in [0.5, 0.6) is 0 Å². The Kier molecular flexibility index (Phi) is 5.24. The van der Waals surface area contributed by atoms with Crippen LogP contribution in [0.25, 0.3) is 5.70 Å². The van der Waals surface area contributed by atoms with Gasteiger partial charge in [0.15, 0.2) is 5.17 Å². The number of likely N-dealkylation sites (N-methyl/N-ethyl adjacent to an activating group) is 1. The van der Waals surface area contributed by atoms with E-state index in [9.17, 15) is 4.79 Å². The molecule has 0 saturated carbocycles. The van der Waals surface area contributed by atoms with Gasteiger partial charge in [-0.05, 0) is 55.1 Å². The number of aromatic nitrogens is 1. The van der Waals surface area contributed by atoms with E-state index < -0.39 is 0 Å². The van der Waals surface area contributed by atoms with E-state index in [2.05, 4.69) is 31.2 Å². The molecule has 5 nitrogen and oxygen atoms in total. The predicted octanol–water partition coefficient (Wildman–Crippen LogP) is 4.16. The number of hydrogen-bond acceptors (Lipinski definition) is 5. The number of aliphatic imine (C=N–C) groups is 1. The van der Waals surface area contributed by atoms with Crippen LogP contribution in [0.15, 0.2) is 57.0 Å². The molecule has 1 aliphatic rings. The second-order valence-corrected chi connectivity index (χ2v) is 7.61. The standard InChI is InChI=1S/C18H17BrN4OS/c1-11-4-9-14-15(10-16(24)23(2)3)22-18(25-17(14)20-11)21-13-7-5-12(19)6-8-13/h4-10H,1-3H3,(H,21,22)/b15-10-. The van der Waals surface area contributed by atoms with Crippen LogP contribution in [0.2, 0.25) is 0 Å². The maximum Gasteiger partial charge on any atom is 0.248 e. The number of fused-ring (bicyclic) bond motifs is 1. The van der Waals surface area contributed by atoms with E-state index in [-0.39, 0.29) is 5.91 Å². The lowest BCUT2D eigenvalue weighted by atomic mass is 10.2. The minimum atomic E-state index is -0.111. The summed E-state index contributed by atoms with van der Waals surface area (Å²) in [4.78, 5) is 22.9. The van der Waals surface area contributed by atoms with Gasteiger partial charge in [0, 0.05) is 41.6 Å². The van der Waals surface area contributed by atoms with Crippen molar-refractivity contribution in [3.63, 3.8) is 0 Å². The van der Waals surface area contributed by atoms with Crippen LogP contribution in [-0.2, 0) is 4.79 Å². The summed E-state index contributed by atoms with van der Waals surface area (Å²) >= 11 is 4.89. The molecule has 2 aromatic rings. The highest BCUT2D eigenvalue weighted by molar-refractivity contribution is 9.10. The van der Waals surface area contributed by atoms with E-state index in [1.54, 1.807) is 20.2 Å². The molecule has 2 heterocycles. The highest BCUT2D eigenvalue weighted by Gasteiger charge is 2.20. The lowest BCUT2D eigenvalue weighted by molar-refractivity contribution is -0.123. The minimum Gasteiger partial charge on any atom is -0.345 e. The molecule has 25 heavy (non-hydrogen) atoms. The number of thioether (sulfide) groups is 1. The third-order valence-electron chi connectivity index (χ3n) is 3.49. The molecule has 128 valence electrons. The van der Waals surface area contributed by atoms with Crippen molar-refractivity contribution in [2.24, 2.45) is 4.99 Å². The molecular formula is C18H17BrN4OS. The van der Waals surface area contributed by atoms with Gasteiger partial charge in [-0.15, -0.1) is 0 Å². The highest BCUT2D eigenvalue weighted by Crippen LogP contribution is 2.34. The zero-order chi connectivity index (χ0) is 18.0. The summed E-state index contributed by atoms with van der Waals surface area (Å²) in [5, 5.41) is 4.81. The largest absolute Gasteiger partial charge is 0.345 e. The molecule has 0 saturated heterocycles. The lowest BCUT2D eigenvalue weighted by Gasteiger charge is -2.19. The average molecular weight is 417 g/mol. The number of hydrogen-bond donors (Lipinski definition) is 1. The van der Waals surface area contributed by atoms with Crippen LogP contribution in [0.1, 0.15) is 11.3 Å². The Morgan fingerprint density at radius 3 is 2.60 bits per heavy atom. The molecule has 0 atom stereocenters. The number of carbonyl (C=O) groups is 1. The zero-order valence-corrected chi connectivity index (χ0v) is 16.5. The maximum absolute atomic E-state index is 12.1. The summed E-state index contributed by atoms with van der Waals surface area (Å²) in [5.74, 6) is -0.111. The molecule has 1 aliphatic heterocycles. The number of carbonyl (C=O) groups excluding carboxylic acids is 1. The second kappa shape index (κ2) is 7.41. The molecule has 1 N–H and O–H groups in total. The number of halogens is 1. The number of amides is 1. The van der Waals surface area contributed by atoms with Gasteiger partial charge in [-0.1, -0.05) is 15.9 Å². The number of rotatable bonds is 2. The summed E-state index contributed by atoms with van der Waals surface area (Å²) in [6, 6.07) is 11.7. The van der Waals surface area contributed by atoms with Crippen molar-refractivity contribution in [1.82, 2.24) is 9.88 Å². The molecule has 1 aromatic heterocycles. The van der Waals surface area contributed by atoms with E-state index in [0.29, 0.717) is 10.9 Å². The Balaban J connectivity index is 1.98. The van der Waals surface area contributed by atoms with Gasteiger partial charge in [-0.2, -0.15) is 0 Å². The van der Waals surface area contributed by atoms with E-state index in [1.807, 2.05) is 43.3 Å². The molecule has 0 aliphatic carbocycles. The molecule has 0 radical (unpaired) electrons. The fourth-order valence-electron chi connectivity index (χ4n) is 2.16. The van der Waals surface area contributed by atoms with Crippen molar-refractivity contribution in [2.45, 2.75) is 11.9 Å². The summed E-state index contributed by atoms with van der Waals surface area (Å²) in [7, 11) is 3.44. The maximum atomic E-state index is 12.1. The van der Waals surface area contributed by atoms with Crippen molar-refractivity contribution < 1.29 is 4.79 Å². The first-order valence-electron chi connectivity index (χ1n) is 7.62. The Morgan fingerprint density at radius 2 is 1.92 bits per heavy atom. The molecule has 3 rings (SSSR count). The number of aryl methyl sites for hydroxylation is 1. The van der Waals surface area contributed by atoms with Crippen LogP contribution in [0.3, 0.4) is 0 Å². The predicted molar refractivity (Wildman–Crippen MR) is 107 cm³/mol. The van der Waals surface area contributed by atoms with Gasteiger partial charge in [0.1, 0.15) is 5.03 Å². The van der Waals surface area contributed by atoms with Gasteiger partial charge in [0.2, 0.25) is 5.91 Å². The molecular weight excluding hydrogens is 400 g/mol. The number of anilines is 1. The van der Waals surface area contributed by atoms with E-state index in [4.69, 9.17) is 0 Å². The smallest absolute Gasteiger partial charge is 0.248 e. The van der Waals surface area contributed by atoms with Crippen LogP contribution >= 0.6 is 27.7 Å². The average Bonchev–Trinajstić information content (AvgIpc) is 2.56. The Morgan fingerprint density at radius 1 is 1.20 bits per heavy atom. The zero-order valence-electron chi connectivity index (χ0n) is 14.1. The van der Waals surface area contributed by atoms with Crippen LogP contribution in [0, 0.1) is 6.92 Å². The summed E-state index contributed by atoms with van der Waals surface area (Å²) < 4.78 is 1.01. The molecule has 0 fully saturated rings. The van der Waals surface area contributed by atoms with Gasteiger partial charge in [-0.3, -0.25) is 4.79 Å². The number of amidine groups is 1. The van der Waals surface area contributed by atoms with Crippen LogP contribution < -0.4 is 5.32 Å². The van der Waals surface area contributed by atoms with Gasteiger partial charge >= 0.3 is 0 Å². The minimum absolute atomic E-state index is 0.111. The number of pyridine rings is 1. The van der Waals surface area contributed by atoms with Crippen LogP contribution in [-0.4, -0.2) is 35.1 Å². The fraction of sp³-hybridized carbons (Fsp3) is 0.167. The highest BCUT2D eigenvalue weighted by atomic mass is 79.9. The Hall–Kier alpha value is -2.12. The fourth-order valence-corrected chi connectivity index (χ4v) is 3.39. The Bertz CT molecular complexity index is 875. The first-order chi connectivity index (χ1) is 11.9. The number of benzene rings is 1. The van der Waals surface area contributed by atoms with Gasteiger partial charge < -0.3 is 10.2 Å². The SMILES string of the molecule is Cc1ccc2c(n1)SC(Nc1ccc(Br)cc1)=N/C2=C\C(=O)N(C)C. The third-order valence-corrected chi connectivity index (χ3v) is 4.91. The monoisotopic (exact) mass is 416 g/mol. The topological polar surface area (TPSA) is 57.6 Å². The molecule has 0 spiro atoms. The van der Waals surface area contributed by atoms with Crippen molar-refractivity contribution in [2.75, 3.05) is 19.4 Å². The van der Waals surface area contributed by atoms with E-state index >= 15 is 0 Å². The summed E-state index contributed by atoms with van der Waals surface area (Å²) in [6.07, 6.45) is 1.54. The molecule has 7 heteroatoms. The lowest BCUT2D eigenvalue weighted by Crippen LogP contribution is -2.20. The molecule has 1 aromatic carbocycles. The van der Waals surface area contributed by atoms with E-state index in [1.165, 1.54) is 16.7 Å². The quantitative estimate of drug-likeness (QED) is 0.746. The first-order valence-corrected chi connectivity index (χ1v) is 9.23. The van der Waals surface area contributed by atoms with Crippen molar-refractivity contribution in [3.8, 4) is 0 Å². The van der Waals surface area contributed by atoms with Gasteiger partial charge in [0.05, 0.1) is 5.70 Å². The Labute approximate surface area is 159 Å². The van der Waals surface area contributed by atoms with E-state index in [0.717, 1.165) is 26.4 Å². The molecule has 0 unspecified atom stereocenters. The molecule has 1 amide bonds.